The lowest BCUT2D eigenvalue weighted by molar-refractivity contribution is -0.118. The lowest BCUT2D eigenvalue weighted by Crippen LogP contribution is -2.32. The van der Waals surface area contributed by atoms with Crippen LogP contribution >= 0.6 is 0 Å². The van der Waals surface area contributed by atoms with Crippen LogP contribution in [0.3, 0.4) is 0 Å². The summed E-state index contributed by atoms with van der Waals surface area (Å²) in [7, 11) is 3.63. The third kappa shape index (κ3) is 3.38. The standard InChI is InChI=1S/C18H23N3O2/c1-20-13-19-12-15(20)6-9-18(22)21-10-4-3-5-14-11-16(23-2)7-8-17(14)21/h7-8,11-13H,3-6,9-10H2,1-2H3. The quantitative estimate of drug-likeness (QED) is 0.872. The molecule has 5 nitrogen and oxygen atoms in total. The third-order valence-electron chi connectivity index (χ3n) is 4.47. The number of amides is 1. The number of ether oxygens (including phenoxy) is 1. The molecule has 3 rings (SSSR count). The molecule has 2 aromatic rings. The minimum atomic E-state index is 0.180. The molecule has 1 aromatic carbocycles. The molecule has 0 radical (unpaired) electrons. The molecular weight excluding hydrogens is 290 g/mol. The molecule has 0 N–H and O–H groups in total. The minimum Gasteiger partial charge on any atom is -0.497 e. The van der Waals surface area contributed by atoms with Gasteiger partial charge in [0.15, 0.2) is 0 Å². The molecule has 0 unspecified atom stereocenters. The molecule has 0 saturated heterocycles. The topological polar surface area (TPSA) is 47.4 Å². The van der Waals surface area contributed by atoms with E-state index in [1.165, 1.54) is 5.56 Å². The summed E-state index contributed by atoms with van der Waals surface area (Å²) in [4.78, 5) is 18.8. The van der Waals surface area contributed by atoms with Crippen molar-refractivity contribution in [1.82, 2.24) is 9.55 Å². The van der Waals surface area contributed by atoms with Crippen molar-refractivity contribution in [3.8, 4) is 5.75 Å². The first-order valence-electron chi connectivity index (χ1n) is 8.11. The summed E-state index contributed by atoms with van der Waals surface area (Å²) in [6.45, 7) is 0.795. The number of hydrogen-bond donors (Lipinski definition) is 0. The van der Waals surface area contributed by atoms with Gasteiger partial charge in [0.25, 0.3) is 0 Å². The van der Waals surface area contributed by atoms with E-state index in [2.05, 4.69) is 11.1 Å². The van der Waals surface area contributed by atoms with Gasteiger partial charge in [-0.15, -0.1) is 0 Å². The number of carbonyl (C=O) groups is 1. The second kappa shape index (κ2) is 6.86. The van der Waals surface area contributed by atoms with Crippen LogP contribution < -0.4 is 9.64 Å². The van der Waals surface area contributed by atoms with Gasteiger partial charge < -0.3 is 14.2 Å². The van der Waals surface area contributed by atoms with Crippen molar-refractivity contribution >= 4 is 11.6 Å². The first-order valence-corrected chi connectivity index (χ1v) is 8.11. The molecule has 1 amide bonds. The zero-order valence-corrected chi connectivity index (χ0v) is 13.8. The van der Waals surface area contributed by atoms with Crippen LogP contribution in [0, 0.1) is 0 Å². The maximum atomic E-state index is 12.7. The van der Waals surface area contributed by atoms with Crippen molar-refractivity contribution in [3.63, 3.8) is 0 Å². The third-order valence-corrected chi connectivity index (χ3v) is 4.47. The highest BCUT2D eigenvalue weighted by atomic mass is 16.5. The Balaban J connectivity index is 1.76. The Labute approximate surface area is 136 Å². The van der Waals surface area contributed by atoms with Crippen LogP contribution in [0.1, 0.15) is 30.5 Å². The van der Waals surface area contributed by atoms with Gasteiger partial charge in [-0.2, -0.15) is 0 Å². The number of anilines is 1. The summed E-state index contributed by atoms with van der Waals surface area (Å²) in [5.41, 5.74) is 3.33. The van der Waals surface area contributed by atoms with Crippen LogP contribution in [-0.2, 0) is 24.7 Å². The number of aromatic nitrogens is 2. The Hall–Kier alpha value is -2.30. The Bertz CT molecular complexity index is 693. The van der Waals surface area contributed by atoms with E-state index in [9.17, 15) is 4.79 Å². The number of carbonyl (C=O) groups excluding carboxylic acids is 1. The summed E-state index contributed by atoms with van der Waals surface area (Å²) >= 11 is 0. The average molecular weight is 313 g/mol. The van der Waals surface area contributed by atoms with Crippen molar-refractivity contribution < 1.29 is 9.53 Å². The van der Waals surface area contributed by atoms with Crippen molar-refractivity contribution in [2.24, 2.45) is 7.05 Å². The fraction of sp³-hybridized carbons (Fsp3) is 0.444. The molecule has 0 saturated carbocycles. The fourth-order valence-electron chi connectivity index (χ4n) is 3.11. The SMILES string of the molecule is COc1ccc2c(c1)CCCCN2C(=O)CCc1cncn1C. The largest absolute Gasteiger partial charge is 0.497 e. The van der Waals surface area contributed by atoms with Crippen molar-refractivity contribution in [1.29, 1.82) is 0 Å². The number of methoxy groups -OCH3 is 1. The number of imidazole rings is 1. The predicted molar refractivity (Wildman–Crippen MR) is 89.8 cm³/mol. The van der Waals surface area contributed by atoms with E-state index in [1.54, 1.807) is 13.4 Å². The minimum absolute atomic E-state index is 0.180. The molecule has 23 heavy (non-hydrogen) atoms. The summed E-state index contributed by atoms with van der Waals surface area (Å²) in [6.07, 6.45) is 7.96. The van der Waals surface area contributed by atoms with Gasteiger partial charge in [0, 0.05) is 37.6 Å². The molecule has 0 fully saturated rings. The Morgan fingerprint density at radius 1 is 1.35 bits per heavy atom. The Morgan fingerprint density at radius 2 is 2.22 bits per heavy atom. The van der Waals surface area contributed by atoms with Gasteiger partial charge in [-0.25, -0.2) is 4.98 Å². The maximum absolute atomic E-state index is 12.7. The van der Waals surface area contributed by atoms with Crippen LogP contribution in [0.25, 0.3) is 0 Å². The molecule has 5 heteroatoms. The van der Waals surface area contributed by atoms with Crippen LogP contribution in [0.5, 0.6) is 5.75 Å². The molecule has 0 bridgehead atoms. The van der Waals surface area contributed by atoms with Crippen molar-refractivity contribution in [3.05, 3.63) is 42.0 Å². The summed E-state index contributed by atoms with van der Waals surface area (Å²) in [5.74, 6) is 1.03. The summed E-state index contributed by atoms with van der Waals surface area (Å²) in [6, 6.07) is 6.01. The zero-order valence-electron chi connectivity index (χ0n) is 13.8. The van der Waals surface area contributed by atoms with Gasteiger partial charge in [-0.1, -0.05) is 0 Å². The van der Waals surface area contributed by atoms with E-state index in [4.69, 9.17) is 4.74 Å². The fourth-order valence-corrected chi connectivity index (χ4v) is 3.11. The predicted octanol–water partition coefficient (Wildman–Crippen LogP) is 2.73. The monoisotopic (exact) mass is 313 g/mol. The number of nitrogens with zero attached hydrogens (tertiary/aromatic N) is 3. The van der Waals surface area contributed by atoms with Gasteiger partial charge in [0.1, 0.15) is 5.75 Å². The smallest absolute Gasteiger partial charge is 0.227 e. The molecule has 1 aromatic heterocycles. The van der Waals surface area contributed by atoms with E-state index in [0.717, 1.165) is 49.4 Å². The van der Waals surface area contributed by atoms with E-state index in [0.29, 0.717) is 6.42 Å². The van der Waals surface area contributed by atoms with E-state index < -0.39 is 0 Å². The first kappa shape index (κ1) is 15.6. The van der Waals surface area contributed by atoms with Crippen LogP contribution in [-0.4, -0.2) is 29.1 Å². The van der Waals surface area contributed by atoms with Gasteiger partial charge in [0.2, 0.25) is 5.91 Å². The zero-order chi connectivity index (χ0) is 16.2. The van der Waals surface area contributed by atoms with E-state index in [-0.39, 0.29) is 5.91 Å². The Kier molecular flexibility index (Phi) is 4.65. The van der Waals surface area contributed by atoms with E-state index in [1.807, 2.05) is 34.8 Å². The van der Waals surface area contributed by atoms with Crippen LogP contribution in [0.15, 0.2) is 30.7 Å². The second-order valence-electron chi connectivity index (χ2n) is 5.99. The first-order chi connectivity index (χ1) is 11.2. The highest BCUT2D eigenvalue weighted by molar-refractivity contribution is 5.94. The highest BCUT2D eigenvalue weighted by Crippen LogP contribution is 2.30. The van der Waals surface area contributed by atoms with Crippen LogP contribution in [0.2, 0.25) is 0 Å². The summed E-state index contributed by atoms with van der Waals surface area (Å²) < 4.78 is 7.28. The molecule has 1 aliphatic rings. The lowest BCUT2D eigenvalue weighted by atomic mass is 10.1. The van der Waals surface area contributed by atoms with Crippen molar-refractivity contribution in [2.75, 3.05) is 18.6 Å². The van der Waals surface area contributed by atoms with Gasteiger partial charge in [-0.05, 0) is 49.4 Å². The number of aryl methyl sites for hydroxylation is 3. The molecule has 1 aliphatic heterocycles. The molecule has 0 spiro atoms. The van der Waals surface area contributed by atoms with E-state index >= 15 is 0 Å². The Morgan fingerprint density at radius 3 is 2.96 bits per heavy atom. The summed E-state index contributed by atoms with van der Waals surface area (Å²) in [5, 5.41) is 0. The molecule has 122 valence electrons. The second-order valence-corrected chi connectivity index (χ2v) is 5.99. The maximum Gasteiger partial charge on any atom is 0.227 e. The highest BCUT2D eigenvalue weighted by Gasteiger charge is 2.21. The number of rotatable bonds is 4. The number of hydrogen-bond acceptors (Lipinski definition) is 3. The molecule has 0 aliphatic carbocycles. The lowest BCUT2D eigenvalue weighted by Gasteiger charge is -2.23. The molecular formula is C18H23N3O2. The van der Waals surface area contributed by atoms with Crippen molar-refractivity contribution in [2.45, 2.75) is 32.1 Å². The number of benzene rings is 1. The van der Waals surface area contributed by atoms with Gasteiger partial charge in [-0.3, -0.25) is 4.79 Å². The molecule has 2 heterocycles. The van der Waals surface area contributed by atoms with Gasteiger partial charge in [0.05, 0.1) is 13.4 Å². The average Bonchev–Trinajstić information content (AvgIpc) is 2.86. The molecule has 0 atom stereocenters. The van der Waals surface area contributed by atoms with Crippen LogP contribution in [0.4, 0.5) is 5.69 Å². The normalized spacial score (nSPS) is 14.3. The number of fused-ring (bicyclic) bond motifs is 1. The van der Waals surface area contributed by atoms with Gasteiger partial charge >= 0.3 is 0 Å².